The molecule has 1 aliphatic carbocycles. The Kier molecular flexibility index (Phi) is 6.51. The van der Waals surface area contributed by atoms with Crippen LogP contribution in [0.4, 0.5) is 4.39 Å². The van der Waals surface area contributed by atoms with Crippen LogP contribution in [-0.2, 0) is 11.3 Å². The lowest BCUT2D eigenvalue weighted by molar-refractivity contribution is 0.0594. The molecule has 0 amide bonds. The van der Waals surface area contributed by atoms with Crippen LogP contribution in [0.15, 0.2) is 30.3 Å². The standard InChI is InChI=1S/C23H24Cl2FNO3/c1-29-23(28)20-10-19(15-4-5-15)22(11-21(20)26)30-18-3-2-6-27(13-18)12-14-7-16(24)9-17(25)8-14/h7-11,15,18H,2-6,12-13H2,1H3. The molecule has 0 bridgehead atoms. The highest BCUT2D eigenvalue weighted by atomic mass is 35.5. The van der Waals surface area contributed by atoms with E-state index in [0.717, 1.165) is 56.4 Å². The minimum absolute atomic E-state index is 0.0325. The Bertz CT molecular complexity index is 928. The van der Waals surface area contributed by atoms with Gasteiger partial charge in [0, 0.05) is 29.2 Å². The molecule has 0 N–H and O–H groups in total. The van der Waals surface area contributed by atoms with Crippen LogP contribution in [0.1, 0.15) is 53.1 Å². The van der Waals surface area contributed by atoms with Crippen molar-refractivity contribution in [1.29, 1.82) is 0 Å². The second-order valence-corrected chi connectivity index (χ2v) is 8.90. The van der Waals surface area contributed by atoms with E-state index in [2.05, 4.69) is 4.90 Å². The summed E-state index contributed by atoms with van der Waals surface area (Å²) < 4.78 is 25.5. The highest BCUT2D eigenvalue weighted by Gasteiger charge is 2.31. The Balaban J connectivity index is 1.48. The molecule has 4 nitrogen and oxygen atoms in total. The molecule has 160 valence electrons. The molecule has 1 heterocycles. The predicted octanol–water partition coefficient (Wildman–Crippen LogP) is 5.84. The van der Waals surface area contributed by atoms with Crippen molar-refractivity contribution in [1.82, 2.24) is 4.90 Å². The number of piperidine rings is 1. The average Bonchev–Trinajstić information content (AvgIpc) is 3.52. The highest BCUT2D eigenvalue weighted by molar-refractivity contribution is 6.34. The Hall–Kier alpha value is -1.82. The summed E-state index contributed by atoms with van der Waals surface area (Å²) in [4.78, 5) is 14.2. The van der Waals surface area contributed by atoms with Gasteiger partial charge in [-0.25, -0.2) is 9.18 Å². The lowest BCUT2D eigenvalue weighted by Crippen LogP contribution is -2.40. The fraction of sp³-hybridized carbons (Fsp3) is 0.435. The van der Waals surface area contributed by atoms with Gasteiger partial charge in [0.05, 0.1) is 12.7 Å². The fourth-order valence-electron chi connectivity index (χ4n) is 4.05. The van der Waals surface area contributed by atoms with Crippen LogP contribution in [-0.4, -0.2) is 37.2 Å². The molecule has 30 heavy (non-hydrogen) atoms. The Morgan fingerprint density at radius 3 is 2.53 bits per heavy atom. The Morgan fingerprint density at radius 2 is 1.87 bits per heavy atom. The summed E-state index contributed by atoms with van der Waals surface area (Å²) in [5.41, 5.74) is 1.92. The van der Waals surface area contributed by atoms with E-state index in [-0.39, 0.29) is 11.7 Å². The highest BCUT2D eigenvalue weighted by Crippen LogP contribution is 2.45. The molecular weight excluding hydrogens is 428 g/mol. The van der Waals surface area contributed by atoms with Crippen LogP contribution in [0, 0.1) is 5.82 Å². The molecule has 0 aromatic heterocycles. The molecule has 2 aromatic carbocycles. The number of rotatable bonds is 6. The van der Waals surface area contributed by atoms with E-state index in [1.54, 1.807) is 12.1 Å². The number of likely N-dealkylation sites (tertiary alicyclic amines) is 1. The van der Waals surface area contributed by atoms with E-state index < -0.39 is 11.8 Å². The predicted molar refractivity (Wildman–Crippen MR) is 115 cm³/mol. The van der Waals surface area contributed by atoms with Gasteiger partial charge < -0.3 is 9.47 Å². The van der Waals surface area contributed by atoms with Crippen molar-refractivity contribution in [2.45, 2.75) is 44.2 Å². The maximum Gasteiger partial charge on any atom is 0.340 e. The summed E-state index contributed by atoms with van der Waals surface area (Å²) in [7, 11) is 1.26. The quantitative estimate of drug-likeness (QED) is 0.517. The number of esters is 1. The number of ether oxygens (including phenoxy) is 2. The van der Waals surface area contributed by atoms with Crippen molar-refractivity contribution in [3.63, 3.8) is 0 Å². The van der Waals surface area contributed by atoms with Gasteiger partial charge in [0.2, 0.25) is 0 Å². The van der Waals surface area contributed by atoms with Gasteiger partial charge in [-0.05, 0) is 73.5 Å². The third kappa shape index (κ3) is 5.08. The first-order valence-electron chi connectivity index (χ1n) is 10.2. The SMILES string of the molecule is COC(=O)c1cc(C2CC2)c(OC2CCCN(Cc3cc(Cl)cc(Cl)c3)C2)cc1F. The van der Waals surface area contributed by atoms with Crippen molar-refractivity contribution in [3.8, 4) is 5.75 Å². The van der Waals surface area contributed by atoms with Crippen molar-refractivity contribution in [2.24, 2.45) is 0 Å². The summed E-state index contributed by atoms with van der Waals surface area (Å²) in [5.74, 6) is -0.412. The molecular formula is C23H24Cl2FNO3. The van der Waals surface area contributed by atoms with Crippen LogP contribution < -0.4 is 4.74 Å². The average molecular weight is 452 g/mol. The van der Waals surface area contributed by atoms with Crippen molar-refractivity contribution in [3.05, 3.63) is 62.9 Å². The number of carbonyl (C=O) groups excluding carboxylic acids is 1. The Labute approximate surface area is 185 Å². The van der Waals surface area contributed by atoms with E-state index in [4.69, 9.17) is 32.7 Å². The third-order valence-corrected chi connectivity index (χ3v) is 6.04. The monoisotopic (exact) mass is 451 g/mol. The smallest absolute Gasteiger partial charge is 0.340 e. The maximum atomic E-state index is 14.5. The molecule has 2 aromatic rings. The van der Waals surface area contributed by atoms with Gasteiger partial charge in [0.1, 0.15) is 17.7 Å². The van der Waals surface area contributed by atoms with Gasteiger partial charge in [-0.15, -0.1) is 0 Å². The first-order chi connectivity index (χ1) is 14.4. The van der Waals surface area contributed by atoms with Crippen molar-refractivity contribution < 1.29 is 18.7 Å². The summed E-state index contributed by atoms with van der Waals surface area (Å²) in [6.45, 7) is 2.41. The van der Waals surface area contributed by atoms with Gasteiger partial charge >= 0.3 is 5.97 Å². The topological polar surface area (TPSA) is 38.8 Å². The van der Waals surface area contributed by atoms with Gasteiger partial charge in [-0.2, -0.15) is 0 Å². The van der Waals surface area contributed by atoms with Crippen LogP contribution in [0.25, 0.3) is 0 Å². The molecule has 2 fully saturated rings. The normalized spacial score (nSPS) is 19.5. The molecule has 0 radical (unpaired) electrons. The number of nitrogens with zero attached hydrogens (tertiary/aromatic N) is 1. The minimum atomic E-state index is -0.662. The van der Waals surface area contributed by atoms with E-state index in [1.165, 1.54) is 13.2 Å². The van der Waals surface area contributed by atoms with Gasteiger partial charge in [-0.1, -0.05) is 23.2 Å². The van der Waals surface area contributed by atoms with E-state index >= 15 is 0 Å². The molecule has 7 heteroatoms. The molecule has 2 aliphatic rings. The Morgan fingerprint density at radius 1 is 1.13 bits per heavy atom. The molecule has 1 unspecified atom stereocenters. The van der Waals surface area contributed by atoms with Crippen LogP contribution in [0.3, 0.4) is 0 Å². The molecule has 1 saturated heterocycles. The zero-order valence-electron chi connectivity index (χ0n) is 16.8. The first kappa shape index (κ1) is 21.4. The van der Waals surface area contributed by atoms with E-state index in [0.29, 0.717) is 21.7 Å². The number of halogens is 3. The van der Waals surface area contributed by atoms with E-state index in [1.807, 2.05) is 12.1 Å². The number of benzene rings is 2. The van der Waals surface area contributed by atoms with Crippen molar-refractivity contribution >= 4 is 29.2 Å². The third-order valence-electron chi connectivity index (χ3n) is 5.61. The largest absolute Gasteiger partial charge is 0.489 e. The van der Waals surface area contributed by atoms with E-state index in [9.17, 15) is 9.18 Å². The first-order valence-corrected chi connectivity index (χ1v) is 10.9. The van der Waals surface area contributed by atoms with Crippen molar-refractivity contribution in [2.75, 3.05) is 20.2 Å². The van der Waals surface area contributed by atoms with Crippen LogP contribution >= 0.6 is 23.2 Å². The summed E-state index contributed by atoms with van der Waals surface area (Å²) in [6.07, 6.45) is 3.89. The lowest BCUT2D eigenvalue weighted by Gasteiger charge is -2.33. The molecule has 1 atom stereocenters. The number of hydrogen-bond donors (Lipinski definition) is 0. The summed E-state index contributed by atoms with van der Waals surface area (Å²) in [6, 6.07) is 8.51. The molecule has 4 rings (SSSR count). The maximum absolute atomic E-state index is 14.5. The van der Waals surface area contributed by atoms with Crippen LogP contribution in [0.5, 0.6) is 5.75 Å². The zero-order chi connectivity index (χ0) is 21.3. The number of methoxy groups -OCH3 is 1. The second kappa shape index (κ2) is 9.13. The van der Waals surface area contributed by atoms with Gasteiger partial charge in [0.25, 0.3) is 0 Å². The molecule has 1 saturated carbocycles. The second-order valence-electron chi connectivity index (χ2n) is 8.03. The van der Waals surface area contributed by atoms with Gasteiger partial charge in [0.15, 0.2) is 0 Å². The number of carbonyl (C=O) groups is 1. The summed E-state index contributed by atoms with van der Waals surface area (Å²) in [5, 5.41) is 1.25. The lowest BCUT2D eigenvalue weighted by atomic mass is 10.0. The molecule has 0 spiro atoms. The van der Waals surface area contributed by atoms with Gasteiger partial charge in [-0.3, -0.25) is 4.90 Å². The summed E-state index contributed by atoms with van der Waals surface area (Å²) >= 11 is 12.2. The van der Waals surface area contributed by atoms with Crippen LogP contribution in [0.2, 0.25) is 10.0 Å². The fourth-order valence-corrected chi connectivity index (χ4v) is 4.62. The number of hydrogen-bond acceptors (Lipinski definition) is 4. The minimum Gasteiger partial charge on any atom is -0.489 e. The molecule has 1 aliphatic heterocycles. The zero-order valence-corrected chi connectivity index (χ0v) is 18.3.